The summed E-state index contributed by atoms with van der Waals surface area (Å²) in [4.78, 5) is 27.6. The number of hydrogen-bond acceptors (Lipinski definition) is 5. The van der Waals surface area contributed by atoms with Crippen LogP contribution in [-0.2, 0) is 27.0 Å². The summed E-state index contributed by atoms with van der Waals surface area (Å²) >= 11 is 0. The van der Waals surface area contributed by atoms with Gasteiger partial charge in [0.15, 0.2) is 6.10 Å². The van der Waals surface area contributed by atoms with Crippen LogP contribution >= 0.6 is 0 Å². The van der Waals surface area contributed by atoms with E-state index < -0.39 is 47.8 Å². The Labute approximate surface area is 224 Å². The molecule has 1 saturated heterocycles. The predicted molar refractivity (Wildman–Crippen MR) is 137 cm³/mol. The lowest BCUT2D eigenvalue weighted by atomic mass is 9.98. The number of halogens is 3. The second-order valence-electron chi connectivity index (χ2n) is 9.23. The zero-order valence-electron chi connectivity index (χ0n) is 21.4. The van der Waals surface area contributed by atoms with E-state index >= 15 is 0 Å². The van der Waals surface area contributed by atoms with Gasteiger partial charge in [-0.2, -0.15) is 13.2 Å². The molecule has 3 aromatic rings. The molecular weight excluding hydrogens is 513 g/mol. The van der Waals surface area contributed by atoms with E-state index in [0.717, 1.165) is 12.1 Å². The summed E-state index contributed by atoms with van der Waals surface area (Å²) in [7, 11) is 2.75. The van der Waals surface area contributed by atoms with Crippen molar-refractivity contribution in [1.82, 2.24) is 10.2 Å². The van der Waals surface area contributed by atoms with Crippen molar-refractivity contribution in [3.63, 3.8) is 0 Å². The fraction of sp³-hybridized carbons (Fsp3) is 0.310. The van der Waals surface area contributed by atoms with Crippen molar-refractivity contribution in [2.75, 3.05) is 14.2 Å². The number of nitrogens with zero attached hydrogens (tertiary/aromatic N) is 1. The first-order valence-corrected chi connectivity index (χ1v) is 12.3. The van der Waals surface area contributed by atoms with Crippen LogP contribution in [0.1, 0.15) is 40.8 Å². The highest BCUT2D eigenvalue weighted by Gasteiger charge is 2.49. The van der Waals surface area contributed by atoms with Gasteiger partial charge < -0.3 is 24.8 Å². The number of benzene rings is 3. The van der Waals surface area contributed by atoms with Crippen LogP contribution in [0.25, 0.3) is 0 Å². The van der Waals surface area contributed by atoms with Crippen molar-refractivity contribution in [1.29, 1.82) is 0 Å². The number of methoxy groups -OCH3 is 2. The summed E-state index contributed by atoms with van der Waals surface area (Å²) in [6, 6.07) is 18.4. The summed E-state index contributed by atoms with van der Waals surface area (Å²) in [5.41, 5.74) is 0.698. The van der Waals surface area contributed by atoms with Crippen LogP contribution in [0.5, 0.6) is 5.75 Å². The SMILES string of the molecule is COc1ccc(C(F)(F)F)cc1CNC1CC(C(=O)O)N(C(=O)[C@H](OC)c2ccccc2)C1c1ccccc1. The van der Waals surface area contributed by atoms with Crippen LogP contribution in [0.2, 0.25) is 0 Å². The molecule has 1 aliphatic heterocycles. The maximum absolute atomic E-state index is 13.9. The molecular formula is C29H29F3N2O5. The Morgan fingerprint density at radius 1 is 1.03 bits per heavy atom. The van der Waals surface area contributed by atoms with Crippen LogP contribution in [0, 0.1) is 0 Å². The number of rotatable bonds is 9. The summed E-state index contributed by atoms with van der Waals surface area (Å²) in [6.07, 6.45) is -5.54. The fourth-order valence-electron chi connectivity index (χ4n) is 5.10. The monoisotopic (exact) mass is 542 g/mol. The molecule has 3 unspecified atom stereocenters. The van der Waals surface area contributed by atoms with Gasteiger partial charge in [0.05, 0.1) is 18.7 Å². The van der Waals surface area contributed by atoms with Gasteiger partial charge in [-0.25, -0.2) is 4.79 Å². The zero-order chi connectivity index (χ0) is 28.2. The number of hydrogen-bond donors (Lipinski definition) is 2. The molecule has 206 valence electrons. The maximum atomic E-state index is 13.9. The van der Waals surface area contributed by atoms with Gasteiger partial charge in [-0.1, -0.05) is 60.7 Å². The number of carbonyl (C=O) groups is 2. The van der Waals surface area contributed by atoms with Crippen LogP contribution in [0.15, 0.2) is 78.9 Å². The van der Waals surface area contributed by atoms with Gasteiger partial charge >= 0.3 is 12.1 Å². The first kappa shape index (κ1) is 28.1. The number of ether oxygens (including phenoxy) is 2. The average Bonchev–Trinajstić information content (AvgIpc) is 3.32. The lowest BCUT2D eigenvalue weighted by molar-refractivity contribution is -0.155. The van der Waals surface area contributed by atoms with Crippen LogP contribution in [0.3, 0.4) is 0 Å². The molecule has 0 aliphatic carbocycles. The Bertz CT molecular complexity index is 1290. The molecule has 4 atom stereocenters. The largest absolute Gasteiger partial charge is 0.496 e. The minimum atomic E-state index is -4.54. The van der Waals surface area contributed by atoms with E-state index in [1.54, 1.807) is 60.7 Å². The third-order valence-corrected chi connectivity index (χ3v) is 6.90. The molecule has 1 aliphatic rings. The van der Waals surface area contributed by atoms with Crippen LogP contribution in [-0.4, -0.2) is 48.2 Å². The molecule has 0 bridgehead atoms. The minimum absolute atomic E-state index is 0.0349. The predicted octanol–water partition coefficient (Wildman–Crippen LogP) is 4.99. The van der Waals surface area contributed by atoms with Gasteiger partial charge in [0.2, 0.25) is 0 Å². The lowest BCUT2D eigenvalue weighted by Gasteiger charge is -2.33. The molecule has 4 rings (SSSR count). The third kappa shape index (κ3) is 6.07. The number of carboxylic acid groups (broad SMARTS) is 1. The van der Waals surface area contributed by atoms with Crippen molar-refractivity contribution in [3.8, 4) is 5.75 Å². The Morgan fingerprint density at radius 3 is 2.23 bits per heavy atom. The molecule has 0 aromatic heterocycles. The highest BCUT2D eigenvalue weighted by molar-refractivity contribution is 5.88. The molecule has 0 radical (unpaired) electrons. The van der Waals surface area contributed by atoms with Crippen LogP contribution < -0.4 is 10.1 Å². The molecule has 10 heteroatoms. The first-order valence-electron chi connectivity index (χ1n) is 12.3. The smallest absolute Gasteiger partial charge is 0.416 e. The quantitative estimate of drug-likeness (QED) is 0.396. The van der Waals surface area contributed by atoms with Crippen molar-refractivity contribution >= 4 is 11.9 Å². The van der Waals surface area contributed by atoms with E-state index in [9.17, 15) is 27.9 Å². The average molecular weight is 543 g/mol. The molecule has 0 saturated carbocycles. The number of alkyl halides is 3. The summed E-state index contributed by atoms with van der Waals surface area (Å²) < 4.78 is 50.9. The molecule has 1 amide bonds. The number of carbonyl (C=O) groups excluding carboxylic acids is 1. The Balaban J connectivity index is 1.71. The normalized spacial score (nSPS) is 20.0. The summed E-state index contributed by atoms with van der Waals surface area (Å²) in [6.45, 7) is -0.0398. The standard InChI is InChI=1S/C29H29F3N2O5/c1-38-24-14-13-21(29(30,31)32)15-20(24)17-33-22-16-23(28(36)37)34(25(22)18-9-5-3-6-10-18)27(35)26(39-2)19-11-7-4-8-12-19/h3-15,22-23,25-26,33H,16-17H2,1-2H3,(H,36,37)/t22?,23?,25?,26-/m1/s1. The second-order valence-corrected chi connectivity index (χ2v) is 9.23. The van der Waals surface area contributed by atoms with Crippen molar-refractivity contribution < 1.29 is 37.3 Å². The van der Waals surface area contributed by atoms with E-state index in [-0.39, 0.29) is 24.3 Å². The number of likely N-dealkylation sites (tertiary alicyclic amines) is 1. The molecule has 2 N–H and O–H groups in total. The Kier molecular flexibility index (Phi) is 8.57. The summed E-state index contributed by atoms with van der Waals surface area (Å²) in [5, 5.41) is 13.3. The number of aliphatic carboxylic acids is 1. The molecule has 1 fully saturated rings. The Morgan fingerprint density at radius 2 is 1.67 bits per heavy atom. The van der Waals surface area contributed by atoms with Crippen molar-refractivity contribution in [3.05, 3.63) is 101 Å². The highest BCUT2D eigenvalue weighted by Crippen LogP contribution is 2.40. The molecule has 7 nitrogen and oxygen atoms in total. The second kappa shape index (κ2) is 11.9. The van der Waals surface area contributed by atoms with Gasteiger partial charge in [0, 0.05) is 25.3 Å². The lowest BCUT2D eigenvalue weighted by Crippen LogP contribution is -2.45. The van der Waals surface area contributed by atoms with Crippen molar-refractivity contribution in [2.24, 2.45) is 0 Å². The summed E-state index contributed by atoms with van der Waals surface area (Å²) in [5.74, 6) is -1.45. The first-order chi connectivity index (χ1) is 18.7. The van der Waals surface area contributed by atoms with Gasteiger partial charge in [-0.3, -0.25) is 4.79 Å². The van der Waals surface area contributed by atoms with Gasteiger partial charge in [0.25, 0.3) is 5.91 Å². The molecule has 1 heterocycles. The number of carboxylic acids is 1. The van der Waals surface area contributed by atoms with Crippen LogP contribution in [0.4, 0.5) is 13.2 Å². The number of nitrogens with one attached hydrogen (secondary N) is 1. The highest BCUT2D eigenvalue weighted by atomic mass is 19.4. The van der Waals surface area contributed by atoms with Gasteiger partial charge in [-0.05, 0) is 35.7 Å². The number of amides is 1. The molecule has 3 aromatic carbocycles. The molecule has 0 spiro atoms. The Hall–Kier alpha value is -3.89. The van der Waals surface area contributed by atoms with E-state index in [2.05, 4.69) is 5.32 Å². The zero-order valence-corrected chi connectivity index (χ0v) is 21.4. The fourth-order valence-corrected chi connectivity index (χ4v) is 5.10. The van der Waals surface area contributed by atoms with Crippen molar-refractivity contribution in [2.45, 2.75) is 43.4 Å². The van der Waals surface area contributed by atoms with Gasteiger partial charge in [0.1, 0.15) is 11.8 Å². The van der Waals surface area contributed by atoms with E-state index in [1.165, 1.54) is 25.2 Å². The third-order valence-electron chi connectivity index (χ3n) is 6.90. The van der Waals surface area contributed by atoms with Gasteiger partial charge in [-0.15, -0.1) is 0 Å². The molecule has 39 heavy (non-hydrogen) atoms. The van der Waals surface area contributed by atoms with E-state index in [1.807, 2.05) is 0 Å². The minimum Gasteiger partial charge on any atom is -0.496 e. The van der Waals surface area contributed by atoms with E-state index in [4.69, 9.17) is 9.47 Å². The van der Waals surface area contributed by atoms with E-state index in [0.29, 0.717) is 11.1 Å². The maximum Gasteiger partial charge on any atom is 0.416 e. The topological polar surface area (TPSA) is 88.1 Å².